The first-order valence-electron chi connectivity index (χ1n) is 3.71. The predicted octanol–water partition coefficient (Wildman–Crippen LogP) is 2.17. The van der Waals surface area contributed by atoms with Crippen molar-refractivity contribution >= 4 is 26.7 Å². The van der Waals surface area contributed by atoms with Gasteiger partial charge in [-0.05, 0) is 0 Å². The molecule has 0 unspecified atom stereocenters. The maximum absolute atomic E-state index is 13.5. The molecule has 6 heteroatoms. The van der Waals surface area contributed by atoms with Crippen molar-refractivity contribution in [3.05, 3.63) is 17.7 Å². The summed E-state index contributed by atoms with van der Waals surface area (Å²) < 4.78 is 31.4. The first-order valence-corrected chi connectivity index (χ1v) is 4.53. The van der Waals surface area contributed by atoms with Gasteiger partial charge in [0.1, 0.15) is 0 Å². The number of rotatable bonds is 1. The number of thiazole rings is 1. The minimum Gasteiger partial charge on any atom is -0.491 e. The molecule has 0 aliphatic carbocycles. The van der Waals surface area contributed by atoms with E-state index in [4.69, 9.17) is 5.73 Å². The zero-order valence-electron chi connectivity index (χ0n) is 7.17. The number of hydrogen-bond donors (Lipinski definition) is 1. The average Bonchev–Trinajstić information content (AvgIpc) is 2.47. The summed E-state index contributed by atoms with van der Waals surface area (Å²) in [4.78, 5) is 3.77. The predicted molar refractivity (Wildman–Crippen MR) is 50.5 cm³/mol. The molecule has 1 aromatic carbocycles. The highest BCUT2D eigenvalue weighted by molar-refractivity contribution is 7.22. The molecule has 2 N–H and O–H groups in total. The third kappa shape index (κ3) is 1.19. The molecule has 2 rings (SSSR count). The Morgan fingerprint density at radius 2 is 2.21 bits per heavy atom. The molecule has 0 saturated heterocycles. The summed E-state index contributed by atoms with van der Waals surface area (Å²) in [6, 6.07) is 1.10. The van der Waals surface area contributed by atoms with Gasteiger partial charge in [0.15, 0.2) is 22.5 Å². The number of aromatic nitrogens is 1. The van der Waals surface area contributed by atoms with E-state index in [0.29, 0.717) is 0 Å². The quantitative estimate of drug-likeness (QED) is 0.794. The number of fused-ring (bicyclic) bond motifs is 1. The molecule has 0 bridgehead atoms. The van der Waals surface area contributed by atoms with Crippen LogP contribution in [0.5, 0.6) is 5.75 Å². The molecule has 0 aliphatic rings. The average molecular weight is 216 g/mol. The zero-order valence-corrected chi connectivity index (χ0v) is 7.99. The standard InChI is InChI=1S/C8H6F2N2OS/c1-13-6-3(9)2-4-7(5(6)10)14-8(11)12-4/h2H,1H3,(H2,11,12). The minimum atomic E-state index is -0.775. The summed E-state index contributed by atoms with van der Waals surface area (Å²) >= 11 is 0.962. The Hall–Kier alpha value is -1.43. The van der Waals surface area contributed by atoms with Crippen LogP contribution >= 0.6 is 11.3 Å². The maximum Gasteiger partial charge on any atom is 0.192 e. The van der Waals surface area contributed by atoms with E-state index >= 15 is 0 Å². The molecule has 74 valence electrons. The molecule has 1 aromatic heterocycles. The van der Waals surface area contributed by atoms with E-state index in [-0.39, 0.29) is 15.3 Å². The van der Waals surface area contributed by atoms with Crippen molar-refractivity contribution in [1.82, 2.24) is 4.98 Å². The van der Waals surface area contributed by atoms with Crippen LogP contribution in [-0.2, 0) is 0 Å². The van der Waals surface area contributed by atoms with Gasteiger partial charge in [0.2, 0.25) is 0 Å². The van der Waals surface area contributed by atoms with Crippen LogP contribution in [0.3, 0.4) is 0 Å². The molecule has 0 amide bonds. The van der Waals surface area contributed by atoms with Crippen molar-refractivity contribution < 1.29 is 13.5 Å². The molecule has 1 heterocycles. The lowest BCUT2D eigenvalue weighted by Gasteiger charge is -2.02. The number of halogens is 2. The van der Waals surface area contributed by atoms with Crippen molar-refractivity contribution in [3.63, 3.8) is 0 Å². The third-order valence-electron chi connectivity index (χ3n) is 1.75. The first-order chi connectivity index (χ1) is 6.63. The monoisotopic (exact) mass is 216 g/mol. The van der Waals surface area contributed by atoms with Crippen molar-refractivity contribution in [1.29, 1.82) is 0 Å². The highest BCUT2D eigenvalue weighted by Crippen LogP contribution is 2.33. The highest BCUT2D eigenvalue weighted by Gasteiger charge is 2.17. The second-order valence-corrected chi connectivity index (χ2v) is 3.64. The van der Waals surface area contributed by atoms with Gasteiger partial charge < -0.3 is 10.5 Å². The number of ether oxygens (including phenoxy) is 1. The van der Waals surface area contributed by atoms with Crippen LogP contribution in [0.1, 0.15) is 0 Å². The van der Waals surface area contributed by atoms with Crippen LogP contribution in [0.25, 0.3) is 10.2 Å². The molecule has 0 radical (unpaired) electrons. The molecular formula is C8H6F2N2OS. The van der Waals surface area contributed by atoms with E-state index in [9.17, 15) is 8.78 Å². The van der Waals surface area contributed by atoms with Crippen LogP contribution in [0.2, 0.25) is 0 Å². The third-order valence-corrected chi connectivity index (χ3v) is 2.65. The van der Waals surface area contributed by atoms with Gasteiger partial charge in [-0.1, -0.05) is 11.3 Å². The summed E-state index contributed by atoms with van der Waals surface area (Å²) in [5.74, 6) is -1.93. The minimum absolute atomic E-state index is 0.201. The van der Waals surface area contributed by atoms with Gasteiger partial charge >= 0.3 is 0 Å². The molecule has 0 fully saturated rings. The van der Waals surface area contributed by atoms with Crippen LogP contribution < -0.4 is 10.5 Å². The van der Waals surface area contributed by atoms with Crippen LogP contribution in [0, 0.1) is 11.6 Å². The summed E-state index contributed by atoms with van der Waals surface area (Å²) in [5.41, 5.74) is 5.59. The fourth-order valence-corrected chi connectivity index (χ4v) is 1.93. The number of nitrogen functional groups attached to an aromatic ring is 1. The van der Waals surface area contributed by atoms with E-state index in [1.807, 2.05) is 0 Å². The van der Waals surface area contributed by atoms with Gasteiger partial charge in [0, 0.05) is 6.07 Å². The maximum atomic E-state index is 13.5. The van der Waals surface area contributed by atoms with E-state index < -0.39 is 17.4 Å². The Balaban J connectivity index is 2.84. The van der Waals surface area contributed by atoms with E-state index in [0.717, 1.165) is 17.4 Å². The van der Waals surface area contributed by atoms with Crippen molar-refractivity contribution in [2.45, 2.75) is 0 Å². The second-order valence-electron chi connectivity index (χ2n) is 2.61. The summed E-state index contributed by atoms with van der Waals surface area (Å²) in [5, 5.41) is 0.201. The number of methoxy groups -OCH3 is 1. The molecule has 14 heavy (non-hydrogen) atoms. The van der Waals surface area contributed by atoms with Gasteiger partial charge in [-0.15, -0.1) is 0 Å². The Kier molecular flexibility index (Phi) is 1.99. The molecule has 0 aliphatic heterocycles. The zero-order chi connectivity index (χ0) is 10.3. The Morgan fingerprint density at radius 1 is 1.50 bits per heavy atom. The molecule has 2 aromatic rings. The number of benzene rings is 1. The van der Waals surface area contributed by atoms with Crippen LogP contribution in [-0.4, -0.2) is 12.1 Å². The van der Waals surface area contributed by atoms with Gasteiger partial charge in [-0.2, -0.15) is 0 Å². The Morgan fingerprint density at radius 3 is 2.86 bits per heavy atom. The van der Waals surface area contributed by atoms with E-state index in [1.165, 1.54) is 7.11 Å². The van der Waals surface area contributed by atoms with Gasteiger partial charge in [0.05, 0.1) is 17.3 Å². The Bertz CT molecular complexity index is 498. The SMILES string of the molecule is COc1c(F)cc2nc(N)sc2c1F. The van der Waals surface area contributed by atoms with Gasteiger partial charge in [0.25, 0.3) is 0 Å². The smallest absolute Gasteiger partial charge is 0.192 e. The first kappa shape index (κ1) is 9.14. The lowest BCUT2D eigenvalue weighted by atomic mass is 10.3. The highest BCUT2D eigenvalue weighted by atomic mass is 32.1. The summed E-state index contributed by atoms with van der Waals surface area (Å²) in [7, 11) is 1.21. The molecular weight excluding hydrogens is 210 g/mol. The van der Waals surface area contributed by atoms with Gasteiger partial charge in [-0.3, -0.25) is 0 Å². The number of anilines is 1. The fraction of sp³-hybridized carbons (Fsp3) is 0.125. The topological polar surface area (TPSA) is 48.1 Å². The fourth-order valence-electron chi connectivity index (χ4n) is 1.18. The number of nitrogens with zero attached hydrogens (tertiary/aromatic N) is 1. The molecule has 0 spiro atoms. The van der Waals surface area contributed by atoms with Crippen molar-refractivity contribution in [2.75, 3.05) is 12.8 Å². The molecule has 3 nitrogen and oxygen atoms in total. The van der Waals surface area contributed by atoms with Crippen molar-refractivity contribution in [2.24, 2.45) is 0 Å². The summed E-state index contributed by atoms with van der Waals surface area (Å²) in [6.45, 7) is 0. The van der Waals surface area contributed by atoms with Gasteiger partial charge in [-0.25, -0.2) is 13.8 Å². The molecule has 0 atom stereocenters. The van der Waals surface area contributed by atoms with Crippen LogP contribution in [0.4, 0.5) is 13.9 Å². The van der Waals surface area contributed by atoms with E-state index in [2.05, 4.69) is 9.72 Å². The molecule has 0 saturated carbocycles. The van der Waals surface area contributed by atoms with E-state index in [1.54, 1.807) is 0 Å². The largest absolute Gasteiger partial charge is 0.491 e. The lowest BCUT2D eigenvalue weighted by molar-refractivity contribution is 0.363. The normalized spacial score (nSPS) is 10.8. The van der Waals surface area contributed by atoms with Crippen molar-refractivity contribution in [3.8, 4) is 5.75 Å². The number of nitrogens with two attached hydrogens (primary N) is 1. The summed E-state index contributed by atoms with van der Waals surface area (Å²) in [6.07, 6.45) is 0. The Labute approximate surface area is 82.1 Å². The second kappa shape index (κ2) is 3.06. The van der Waals surface area contributed by atoms with Crippen LogP contribution in [0.15, 0.2) is 6.07 Å². The lowest BCUT2D eigenvalue weighted by Crippen LogP contribution is -1.92. The number of hydrogen-bond acceptors (Lipinski definition) is 4.